The molecule has 9 heteroatoms. The number of rotatable bonds is 7. The number of nitrogens with zero attached hydrogens (tertiary/aromatic N) is 2. The predicted molar refractivity (Wildman–Crippen MR) is 90.5 cm³/mol. The largest absolute Gasteiger partial charge is 0.447 e. The van der Waals surface area contributed by atoms with E-state index in [4.69, 9.17) is 9.47 Å². The molecule has 0 atom stereocenters. The Labute approximate surface area is 143 Å². The van der Waals surface area contributed by atoms with E-state index in [0.717, 1.165) is 11.5 Å². The summed E-state index contributed by atoms with van der Waals surface area (Å²) in [5.41, 5.74) is 1.71. The van der Waals surface area contributed by atoms with Crippen LogP contribution in [-0.4, -0.2) is 41.9 Å². The van der Waals surface area contributed by atoms with Crippen molar-refractivity contribution in [3.05, 3.63) is 34.8 Å². The summed E-state index contributed by atoms with van der Waals surface area (Å²) in [4.78, 5) is 24.3. The van der Waals surface area contributed by atoms with Crippen molar-refractivity contribution in [2.45, 2.75) is 13.3 Å². The molecular weight excluding hydrogens is 332 g/mol. The zero-order valence-corrected chi connectivity index (χ0v) is 14.2. The number of benzene rings is 1. The molecule has 0 unspecified atom stereocenters. The normalized spacial score (nSPS) is 10.2. The quantitative estimate of drug-likeness (QED) is 0.744. The third-order valence-electron chi connectivity index (χ3n) is 2.98. The number of anilines is 2. The fourth-order valence-corrected chi connectivity index (χ4v) is 2.49. The molecule has 0 fully saturated rings. The average molecular weight is 350 g/mol. The topological polar surface area (TPSA) is 102 Å². The summed E-state index contributed by atoms with van der Waals surface area (Å²) < 4.78 is 13.5. The van der Waals surface area contributed by atoms with Crippen LogP contribution in [0.25, 0.3) is 0 Å². The van der Waals surface area contributed by atoms with E-state index in [1.807, 2.05) is 6.92 Å². The van der Waals surface area contributed by atoms with Gasteiger partial charge in [-0.1, -0.05) is 17.5 Å². The molecule has 0 saturated heterocycles. The summed E-state index contributed by atoms with van der Waals surface area (Å²) in [7, 11) is 1.52. The standard InChI is InChI=1S/C15H18N4O4S/c1-3-12-13(24-19-18-12)14(20)16-10-5-4-6-11(9-10)17-15(21)23-8-7-22-2/h4-6,9H,3,7-8H2,1-2H3,(H,16,20)(H,17,21). The van der Waals surface area contributed by atoms with Gasteiger partial charge in [0, 0.05) is 18.5 Å². The maximum Gasteiger partial charge on any atom is 0.411 e. The first kappa shape index (κ1) is 17.8. The Morgan fingerprint density at radius 3 is 2.67 bits per heavy atom. The molecule has 128 valence electrons. The van der Waals surface area contributed by atoms with Crippen LogP contribution >= 0.6 is 11.5 Å². The summed E-state index contributed by atoms with van der Waals surface area (Å²) in [5.74, 6) is -0.276. The molecule has 0 saturated carbocycles. The van der Waals surface area contributed by atoms with Crippen LogP contribution in [0.15, 0.2) is 24.3 Å². The van der Waals surface area contributed by atoms with Gasteiger partial charge in [0.15, 0.2) is 0 Å². The van der Waals surface area contributed by atoms with Crippen LogP contribution in [-0.2, 0) is 15.9 Å². The van der Waals surface area contributed by atoms with Crippen LogP contribution < -0.4 is 10.6 Å². The molecule has 24 heavy (non-hydrogen) atoms. The van der Waals surface area contributed by atoms with Gasteiger partial charge in [0.25, 0.3) is 5.91 Å². The number of amides is 2. The highest BCUT2D eigenvalue weighted by Crippen LogP contribution is 2.18. The number of hydrogen-bond acceptors (Lipinski definition) is 7. The summed E-state index contributed by atoms with van der Waals surface area (Å²) in [5, 5.41) is 9.26. The number of hydrogen-bond donors (Lipinski definition) is 2. The number of carbonyl (C=O) groups is 2. The molecule has 1 aromatic heterocycles. The molecule has 2 N–H and O–H groups in total. The van der Waals surface area contributed by atoms with Crippen molar-refractivity contribution in [1.29, 1.82) is 0 Å². The monoisotopic (exact) mass is 350 g/mol. The van der Waals surface area contributed by atoms with Gasteiger partial charge >= 0.3 is 6.09 Å². The fourth-order valence-electron chi connectivity index (χ4n) is 1.85. The molecule has 2 rings (SSSR count). The van der Waals surface area contributed by atoms with E-state index in [2.05, 4.69) is 20.2 Å². The average Bonchev–Trinajstić information content (AvgIpc) is 3.04. The second kappa shape index (κ2) is 8.94. The van der Waals surface area contributed by atoms with Crippen LogP contribution in [0.4, 0.5) is 16.2 Å². The Bertz CT molecular complexity index is 704. The second-order valence-electron chi connectivity index (χ2n) is 4.69. The first-order valence-corrected chi connectivity index (χ1v) is 8.06. The van der Waals surface area contributed by atoms with Gasteiger partial charge in [-0.3, -0.25) is 10.1 Å². The van der Waals surface area contributed by atoms with Crippen molar-refractivity contribution in [2.24, 2.45) is 0 Å². The third-order valence-corrected chi connectivity index (χ3v) is 3.75. The molecule has 1 aromatic carbocycles. The smallest absolute Gasteiger partial charge is 0.411 e. The van der Waals surface area contributed by atoms with Crippen LogP contribution in [0, 0.1) is 0 Å². The van der Waals surface area contributed by atoms with E-state index in [1.165, 1.54) is 7.11 Å². The summed E-state index contributed by atoms with van der Waals surface area (Å²) in [6, 6.07) is 6.76. The number of methoxy groups -OCH3 is 1. The van der Waals surface area contributed by atoms with Gasteiger partial charge < -0.3 is 14.8 Å². The first-order valence-electron chi connectivity index (χ1n) is 7.29. The molecule has 1 heterocycles. The SMILES string of the molecule is CCc1nnsc1C(=O)Nc1cccc(NC(=O)OCCOC)c1. The number of nitrogens with one attached hydrogen (secondary N) is 2. The number of ether oxygens (including phenoxy) is 2. The number of aryl methyl sites for hydroxylation is 1. The van der Waals surface area contributed by atoms with Crippen molar-refractivity contribution in [1.82, 2.24) is 9.59 Å². The summed E-state index contributed by atoms with van der Waals surface area (Å²) in [6.45, 7) is 2.40. The Balaban J connectivity index is 1.97. The highest BCUT2D eigenvalue weighted by atomic mass is 32.1. The van der Waals surface area contributed by atoms with Gasteiger partial charge in [0.1, 0.15) is 11.5 Å². The van der Waals surface area contributed by atoms with Crippen LogP contribution in [0.3, 0.4) is 0 Å². The molecule has 0 spiro atoms. The van der Waals surface area contributed by atoms with Crippen molar-refractivity contribution in [2.75, 3.05) is 31.0 Å². The van der Waals surface area contributed by atoms with E-state index in [9.17, 15) is 9.59 Å². The number of aromatic nitrogens is 2. The van der Waals surface area contributed by atoms with Gasteiger partial charge in [-0.15, -0.1) is 5.10 Å². The fraction of sp³-hybridized carbons (Fsp3) is 0.333. The highest BCUT2D eigenvalue weighted by Gasteiger charge is 2.15. The second-order valence-corrected chi connectivity index (χ2v) is 5.45. The minimum atomic E-state index is -0.588. The third kappa shape index (κ3) is 5.00. The Kier molecular flexibility index (Phi) is 6.64. The zero-order valence-electron chi connectivity index (χ0n) is 13.4. The minimum Gasteiger partial charge on any atom is -0.447 e. The lowest BCUT2D eigenvalue weighted by molar-refractivity contribution is 0.102. The van der Waals surface area contributed by atoms with E-state index in [1.54, 1.807) is 24.3 Å². The maximum absolute atomic E-state index is 12.3. The number of carbonyl (C=O) groups excluding carboxylic acids is 2. The Hall–Kier alpha value is -2.52. The Morgan fingerprint density at radius 1 is 1.21 bits per heavy atom. The molecule has 0 bridgehead atoms. The van der Waals surface area contributed by atoms with Crippen molar-refractivity contribution < 1.29 is 19.1 Å². The van der Waals surface area contributed by atoms with E-state index >= 15 is 0 Å². The van der Waals surface area contributed by atoms with Gasteiger partial charge in [-0.25, -0.2) is 4.79 Å². The molecule has 2 amide bonds. The lowest BCUT2D eigenvalue weighted by Crippen LogP contribution is -2.17. The van der Waals surface area contributed by atoms with Gasteiger partial charge in [-0.05, 0) is 36.2 Å². The minimum absolute atomic E-state index is 0.164. The van der Waals surface area contributed by atoms with Gasteiger partial charge in [0.2, 0.25) is 0 Å². The Morgan fingerprint density at radius 2 is 1.96 bits per heavy atom. The molecule has 0 aliphatic carbocycles. The lowest BCUT2D eigenvalue weighted by Gasteiger charge is -2.09. The summed E-state index contributed by atoms with van der Waals surface area (Å²) in [6.07, 6.45) is 0.0456. The van der Waals surface area contributed by atoms with Crippen molar-refractivity contribution in [3.63, 3.8) is 0 Å². The van der Waals surface area contributed by atoms with E-state index in [0.29, 0.717) is 35.0 Å². The van der Waals surface area contributed by atoms with Crippen LogP contribution in [0.2, 0.25) is 0 Å². The first-order chi connectivity index (χ1) is 11.6. The molecule has 0 aliphatic rings. The zero-order chi connectivity index (χ0) is 17.4. The van der Waals surface area contributed by atoms with E-state index in [-0.39, 0.29) is 12.5 Å². The molecule has 2 aromatic rings. The van der Waals surface area contributed by atoms with E-state index < -0.39 is 6.09 Å². The molecule has 8 nitrogen and oxygen atoms in total. The van der Waals surface area contributed by atoms with Gasteiger partial charge in [0.05, 0.1) is 12.3 Å². The molecular formula is C15H18N4O4S. The maximum atomic E-state index is 12.3. The lowest BCUT2D eigenvalue weighted by atomic mass is 10.2. The highest BCUT2D eigenvalue weighted by molar-refractivity contribution is 7.08. The van der Waals surface area contributed by atoms with Crippen LogP contribution in [0.5, 0.6) is 0 Å². The molecule has 0 aliphatic heterocycles. The van der Waals surface area contributed by atoms with Gasteiger partial charge in [-0.2, -0.15) is 0 Å². The summed E-state index contributed by atoms with van der Waals surface area (Å²) >= 11 is 1.05. The predicted octanol–water partition coefficient (Wildman–Crippen LogP) is 2.55. The van der Waals surface area contributed by atoms with Crippen LogP contribution in [0.1, 0.15) is 22.3 Å². The molecule has 0 radical (unpaired) electrons. The van der Waals surface area contributed by atoms with Crippen molar-refractivity contribution >= 4 is 34.9 Å². The van der Waals surface area contributed by atoms with Crippen molar-refractivity contribution in [3.8, 4) is 0 Å².